The molecule has 4 aliphatic carbocycles. The van der Waals surface area contributed by atoms with Crippen LogP contribution >= 0.6 is 0 Å². The number of amides is 1. The van der Waals surface area contributed by atoms with Gasteiger partial charge in [-0.1, -0.05) is 150 Å². The molecule has 0 heterocycles. The maximum absolute atomic E-state index is 14.3. The molecular formula is C44H77B2NO6S. The molecule has 2 radical (unpaired) electrons. The molecule has 2 N–H and O–H groups in total. The molecule has 54 heavy (non-hydrogen) atoms. The summed E-state index contributed by atoms with van der Waals surface area (Å²) < 4.78 is 34.2. The van der Waals surface area contributed by atoms with Gasteiger partial charge in [0.2, 0.25) is 5.91 Å². The average molecular weight is 770 g/mol. The zero-order chi connectivity index (χ0) is 39.8. The lowest BCUT2D eigenvalue weighted by molar-refractivity contribution is -0.140. The lowest BCUT2D eigenvalue weighted by atomic mass is 9.41. The van der Waals surface area contributed by atoms with Crippen molar-refractivity contribution in [3.63, 3.8) is 0 Å². The number of hydrogen-bond acceptors (Lipinski definition) is 4. The summed E-state index contributed by atoms with van der Waals surface area (Å²) in [6.45, 7) is 16.9. The SMILES string of the molecule is CCCCCCCC/C=C\CCCCCCCCN(C(=O)CC(C(=O)O)S(=O)(=O)O)C([B]C12CC(C)CCC1C2(C)C)C[B]C12CC(C)CCC1C2(C)C. The second-order valence-corrected chi connectivity index (χ2v) is 21.2. The van der Waals surface area contributed by atoms with Crippen LogP contribution < -0.4 is 0 Å². The number of aliphatic carboxylic acids is 1. The third-order valence-corrected chi connectivity index (χ3v) is 16.4. The van der Waals surface area contributed by atoms with Gasteiger partial charge in [-0.2, -0.15) is 8.42 Å². The molecule has 4 rings (SSSR count). The first-order valence-corrected chi connectivity index (χ1v) is 23.8. The fourth-order valence-corrected chi connectivity index (χ4v) is 12.4. The van der Waals surface area contributed by atoms with Crippen molar-refractivity contribution in [2.45, 2.75) is 211 Å². The summed E-state index contributed by atoms with van der Waals surface area (Å²) in [5, 5.41) is 7.73. The largest absolute Gasteiger partial charge is 0.480 e. The predicted molar refractivity (Wildman–Crippen MR) is 225 cm³/mol. The molecular weight excluding hydrogens is 692 g/mol. The molecule has 306 valence electrons. The van der Waals surface area contributed by atoms with Gasteiger partial charge in [-0.15, -0.1) is 0 Å². The van der Waals surface area contributed by atoms with Crippen LogP contribution in [-0.2, 0) is 19.7 Å². The molecule has 7 nitrogen and oxygen atoms in total. The molecule has 0 aliphatic heterocycles. The summed E-state index contributed by atoms with van der Waals surface area (Å²) in [6, 6.07) is 0. The van der Waals surface area contributed by atoms with Crippen LogP contribution in [0.15, 0.2) is 12.2 Å². The molecule has 4 saturated carbocycles. The van der Waals surface area contributed by atoms with Crippen molar-refractivity contribution in [2.24, 2.45) is 34.5 Å². The highest BCUT2D eigenvalue weighted by atomic mass is 32.2. The van der Waals surface area contributed by atoms with E-state index in [1.807, 2.05) is 4.90 Å². The minimum atomic E-state index is -4.95. The fourth-order valence-electron chi connectivity index (χ4n) is 11.8. The summed E-state index contributed by atoms with van der Waals surface area (Å²) in [6.07, 6.45) is 28.3. The number of allylic oxidation sites excluding steroid dienone is 2. The summed E-state index contributed by atoms with van der Waals surface area (Å²) >= 11 is 0. The van der Waals surface area contributed by atoms with Gasteiger partial charge in [-0.3, -0.25) is 14.1 Å². The maximum Gasteiger partial charge on any atom is 0.324 e. The van der Waals surface area contributed by atoms with Crippen molar-refractivity contribution in [2.75, 3.05) is 6.54 Å². The van der Waals surface area contributed by atoms with E-state index in [2.05, 4.69) is 75.2 Å². The molecule has 10 heteroatoms. The fraction of sp³-hybridized carbons (Fsp3) is 0.909. The lowest BCUT2D eigenvalue weighted by Crippen LogP contribution is -2.49. The van der Waals surface area contributed by atoms with Gasteiger partial charge in [0.25, 0.3) is 10.1 Å². The lowest BCUT2D eigenvalue weighted by Gasteiger charge is -2.39. The smallest absolute Gasteiger partial charge is 0.324 e. The Balaban J connectivity index is 1.42. The Morgan fingerprint density at radius 3 is 1.78 bits per heavy atom. The van der Waals surface area contributed by atoms with E-state index < -0.39 is 33.7 Å². The Bertz CT molecular complexity index is 1370. The van der Waals surface area contributed by atoms with Gasteiger partial charge in [-0.25, -0.2) is 0 Å². The quantitative estimate of drug-likeness (QED) is 0.0392. The van der Waals surface area contributed by atoms with Gasteiger partial charge in [0, 0.05) is 6.54 Å². The van der Waals surface area contributed by atoms with Crippen molar-refractivity contribution in [3.05, 3.63) is 12.2 Å². The van der Waals surface area contributed by atoms with Crippen molar-refractivity contribution < 1.29 is 27.7 Å². The van der Waals surface area contributed by atoms with Crippen molar-refractivity contribution in [1.82, 2.24) is 4.90 Å². The topological polar surface area (TPSA) is 112 Å². The summed E-state index contributed by atoms with van der Waals surface area (Å²) in [5.41, 5.74) is 0.324. The van der Waals surface area contributed by atoms with E-state index in [0.29, 0.717) is 36.5 Å². The Labute approximate surface area is 332 Å². The molecule has 8 unspecified atom stereocenters. The number of carboxylic acid groups (broad SMARTS) is 1. The number of carbonyl (C=O) groups is 2. The number of carbonyl (C=O) groups excluding carboxylic acids is 1. The molecule has 0 spiro atoms. The Morgan fingerprint density at radius 1 is 0.759 bits per heavy atom. The van der Waals surface area contributed by atoms with E-state index in [1.54, 1.807) is 0 Å². The molecule has 0 bridgehead atoms. The monoisotopic (exact) mass is 770 g/mol. The van der Waals surface area contributed by atoms with Crippen LogP contribution in [0.4, 0.5) is 0 Å². The standard InChI is InChI=1S/C44H77B2NO6S/c1-8-9-10-11-12-13-14-15-16-17-18-19-20-21-22-23-28-47(39(48)29-35(40(49)50)54(51,52)53)38(46-44-31-34(3)25-27-37(44)42(44,6)7)32-45-43-30-33(2)24-26-36(43)41(43,4)5/h15-16,33-38H,8-14,17-32H2,1-7H3,(H,49,50)(H,51,52,53)/b16-15-. The predicted octanol–water partition coefficient (Wildman–Crippen LogP) is 11.0. The van der Waals surface area contributed by atoms with Crippen LogP contribution in [0.2, 0.25) is 16.9 Å². The normalized spacial score (nSPS) is 30.5. The Hall–Kier alpha value is -1.28. The highest BCUT2D eigenvalue weighted by Gasteiger charge is 2.73. The maximum atomic E-state index is 14.3. The minimum Gasteiger partial charge on any atom is -0.480 e. The van der Waals surface area contributed by atoms with Crippen LogP contribution in [0.5, 0.6) is 0 Å². The average Bonchev–Trinajstić information content (AvgIpc) is 3.79. The number of unbranched alkanes of at least 4 members (excludes halogenated alkanes) is 12. The van der Waals surface area contributed by atoms with Gasteiger partial charge in [-0.05, 0) is 96.0 Å². The minimum absolute atomic E-state index is 0.00394. The van der Waals surface area contributed by atoms with Crippen LogP contribution in [0.3, 0.4) is 0 Å². The Morgan fingerprint density at radius 2 is 1.24 bits per heavy atom. The summed E-state index contributed by atoms with van der Waals surface area (Å²) in [5.74, 6) is -0.00534. The van der Waals surface area contributed by atoms with E-state index in [0.717, 1.165) is 44.9 Å². The zero-order valence-corrected chi connectivity index (χ0v) is 36.2. The molecule has 8 atom stereocenters. The highest BCUT2D eigenvalue weighted by Crippen LogP contribution is 2.82. The van der Waals surface area contributed by atoms with E-state index in [-0.39, 0.29) is 27.4 Å². The molecule has 0 aromatic rings. The molecule has 0 aromatic carbocycles. The van der Waals surface area contributed by atoms with Crippen LogP contribution in [0.25, 0.3) is 0 Å². The van der Waals surface area contributed by atoms with Gasteiger partial charge < -0.3 is 10.0 Å². The molecule has 0 saturated heterocycles. The number of carboxylic acids is 1. The third kappa shape index (κ3) is 10.8. The zero-order valence-electron chi connectivity index (χ0n) is 35.4. The van der Waals surface area contributed by atoms with Crippen molar-refractivity contribution in [3.8, 4) is 0 Å². The summed E-state index contributed by atoms with van der Waals surface area (Å²) in [4.78, 5) is 28.2. The van der Waals surface area contributed by atoms with Gasteiger partial charge in [0.05, 0.1) is 6.42 Å². The summed E-state index contributed by atoms with van der Waals surface area (Å²) in [7, 11) is 0.0487. The van der Waals surface area contributed by atoms with Gasteiger partial charge in [0.1, 0.15) is 14.6 Å². The molecule has 4 fully saturated rings. The number of nitrogens with zero attached hydrogens (tertiary/aromatic N) is 1. The third-order valence-electron chi connectivity index (χ3n) is 15.3. The van der Waals surface area contributed by atoms with E-state index in [9.17, 15) is 27.7 Å². The number of fused-ring (bicyclic) bond motifs is 2. The van der Waals surface area contributed by atoms with Crippen LogP contribution in [0.1, 0.15) is 183 Å². The van der Waals surface area contributed by atoms with Crippen LogP contribution in [-0.4, -0.2) is 67.1 Å². The Kier molecular flexibility index (Phi) is 16.4. The second kappa shape index (κ2) is 19.4. The van der Waals surface area contributed by atoms with Gasteiger partial charge >= 0.3 is 5.97 Å². The molecule has 0 aromatic heterocycles. The first kappa shape index (κ1) is 45.4. The number of rotatable bonds is 26. The van der Waals surface area contributed by atoms with E-state index in [1.165, 1.54) is 83.5 Å². The van der Waals surface area contributed by atoms with E-state index in [4.69, 9.17) is 0 Å². The second-order valence-electron chi connectivity index (χ2n) is 19.6. The first-order valence-electron chi connectivity index (χ1n) is 22.3. The highest BCUT2D eigenvalue weighted by molar-refractivity contribution is 7.87. The van der Waals surface area contributed by atoms with Crippen LogP contribution in [0, 0.1) is 34.5 Å². The molecule has 4 aliphatic rings. The number of hydrogen-bond donors (Lipinski definition) is 2. The first-order chi connectivity index (χ1) is 25.4. The van der Waals surface area contributed by atoms with E-state index >= 15 is 0 Å². The van der Waals surface area contributed by atoms with Crippen molar-refractivity contribution in [1.29, 1.82) is 0 Å². The van der Waals surface area contributed by atoms with Gasteiger partial charge in [0.15, 0.2) is 5.25 Å². The molecule has 1 amide bonds. The van der Waals surface area contributed by atoms with Crippen molar-refractivity contribution >= 4 is 36.6 Å².